The van der Waals surface area contributed by atoms with Crippen molar-refractivity contribution in [3.63, 3.8) is 0 Å². The molecule has 1 N–H and O–H groups in total. The molecule has 6 nitrogen and oxygen atoms in total. The second-order valence-electron chi connectivity index (χ2n) is 7.70. The van der Waals surface area contributed by atoms with Crippen LogP contribution >= 0.6 is 0 Å². The highest BCUT2D eigenvalue weighted by atomic mass is 16.5. The topological polar surface area (TPSA) is 67.4 Å². The summed E-state index contributed by atoms with van der Waals surface area (Å²) in [5.74, 6) is 1.26. The molecule has 1 fully saturated rings. The van der Waals surface area contributed by atoms with E-state index in [9.17, 15) is 4.79 Å². The lowest BCUT2D eigenvalue weighted by Gasteiger charge is -2.34. The molecular weight excluding hydrogens is 376 g/mol. The van der Waals surface area contributed by atoms with Crippen LogP contribution < -0.4 is 15.0 Å². The fourth-order valence-corrected chi connectivity index (χ4v) is 3.95. The van der Waals surface area contributed by atoms with Crippen molar-refractivity contribution >= 4 is 22.8 Å². The van der Waals surface area contributed by atoms with Crippen molar-refractivity contribution in [2.24, 2.45) is 5.92 Å². The predicted molar refractivity (Wildman–Crippen MR) is 119 cm³/mol. The number of anilines is 1. The van der Waals surface area contributed by atoms with Crippen LogP contribution in [0.1, 0.15) is 38.3 Å². The fourth-order valence-electron chi connectivity index (χ4n) is 3.95. The van der Waals surface area contributed by atoms with E-state index in [1.807, 2.05) is 68.4 Å². The highest BCUT2D eigenvalue weighted by Gasteiger charge is 2.29. The van der Waals surface area contributed by atoms with Crippen molar-refractivity contribution in [3.05, 3.63) is 60.2 Å². The second-order valence-corrected chi connectivity index (χ2v) is 7.70. The molecule has 1 aliphatic rings. The van der Waals surface area contributed by atoms with E-state index in [1.54, 1.807) is 0 Å². The average Bonchev–Trinajstić information content (AvgIpc) is 2.79. The Morgan fingerprint density at radius 2 is 1.83 bits per heavy atom. The molecule has 6 heteroatoms. The molecule has 0 unspecified atom stereocenters. The Labute approximate surface area is 177 Å². The quantitative estimate of drug-likeness (QED) is 0.669. The van der Waals surface area contributed by atoms with Gasteiger partial charge >= 0.3 is 0 Å². The molecule has 1 saturated heterocycles. The number of para-hydroxylation sites is 2. The Hall–Kier alpha value is -3.15. The Morgan fingerprint density at radius 3 is 2.57 bits per heavy atom. The van der Waals surface area contributed by atoms with Crippen molar-refractivity contribution < 1.29 is 9.53 Å². The summed E-state index contributed by atoms with van der Waals surface area (Å²) in [6.07, 6.45) is 1.80. The lowest BCUT2D eigenvalue weighted by atomic mass is 9.96. The maximum atomic E-state index is 13.0. The first kappa shape index (κ1) is 20.1. The Kier molecular flexibility index (Phi) is 6.12. The lowest BCUT2D eigenvalue weighted by Crippen LogP contribution is -2.44. The largest absolute Gasteiger partial charge is 0.475 e. The highest BCUT2D eigenvalue weighted by molar-refractivity contribution is 5.81. The van der Waals surface area contributed by atoms with Crippen LogP contribution in [0.2, 0.25) is 0 Å². The molecule has 2 heterocycles. The molecule has 30 heavy (non-hydrogen) atoms. The summed E-state index contributed by atoms with van der Waals surface area (Å²) in [5, 5.41) is 3.17. The van der Waals surface area contributed by atoms with Crippen LogP contribution in [0.15, 0.2) is 54.6 Å². The number of hydrogen-bond acceptors (Lipinski definition) is 5. The zero-order chi connectivity index (χ0) is 20.9. The van der Waals surface area contributed by atoms with Gasteiger partial charge in [0.25, 0.3) is 5.88 Å². The number of nitrogens with one attached hydrogen (secondary N) is 1. The molecule has 0 bridgehead atoms. The standard InChI is InChI=1S/C24H28N4O2/c1-3-30-24-22(26-20-13-7-8-14-21(20)27-24)28-15-9-12-19(16-28)23(29)25-17(2)18-10-5-4-6-11-18/h4-8,10-11,13-14,17,19H,3,9,12,15-16H2,1-2H3,(H,25,29)/t17-,19-/m1/s1. The van der Waals surface area contributed by atoms with Crippen LogP contribution in [0.5, 0.6) is 5.88 Å². The maximum Gasteiger partial charge on any atom is 0.258 e. The molecule has 0 radical (unpaired) electrons. The summed E-state index contributed by atoms with van der Waals surface area (Å²) < 4.78 is 5.80. The minimum atomic E-state index is -0.0901. The monoisotopic (exact) mass is 404 g/mol. The lowest BCUT2D eigenvalue weighted by molar-refractivity contribution is -0.125. The smallest absolute Gasteiger partial charge is 0.258 e. The van der Waals surface area contributed by atoms with Crippen LogP contribution in [0, 0.1) is 5.92 Å². The van der Waals surface area contributed by atoms with Gasteiger partial charge in [-0.3, -0.25) is 4.79 Å². The van der Waals surface area contributed by atoms with E-state index in [-0.39, 0.29) is 17.9 Å². The molecule has 0 aliphatic carbocycles. The molecule has 4 rings (SSSR count). The van der Waals surface area contributed by atoms with E-state index in [1.165, 1.54) is 0 Å². The first-order valence-corrected chi connectivity index (χ1v) is 10.7. The number of hydrogen-bond donors (Lipinski definition) is 1. The Morgan fingerprint density at radius 1 is 1.13 bits per heavy atom. The number of carbonyl (C=O) groups is 1. The number of amides is 1. The van der Waals surface area contributed by atoms with Gasteiger partial charge in [-0.25, -0.2) is 9.97 Å². The number of fused-ring (bicyclic) bond motifs is 1. The van der Waals surface area contributed by atoms with Crippen molar-refractivity contribution in [1.29, 1.82) is 0 Å². The number of ether oxygens (including phenoxy) is 1. The molecule has 2 aromatic carbocycles. The number of piperidine rings is 1. The molecule has 1 aromatic heterocycles. The third-order valence-corrected chi connectivity index (χ3v) is 5.55. The number of carbonyl (C=O) groups excluding carboxylic acids is 1. The van der Waals surface area contributed by atoms with Crippen LogP contribution in [-0.4, -0.2) is 35.6 Å². The molecule has 0 saturated carbocycles. The van der Waals surface area contributed by atoms with Crippen molar-refractivity contribution in [2.45, 2.75) is 32.7 Å². The summed E-state index contributed by atoms with van der Waals surface area (Å²) in [6.45, 7) is 5.94. The SMILES string of the molecule is CCOc1nc2ccccc2nc1N1CCC[C@@H](C(=O)N[C@H](C)c2ccccc2)C1. The molecule has 1 aliphatic heterocycles. The van der Waals surface area contributed by atoms with E-state index in [0.29, 0.717) is 19.0 Å². The zero-order valence-corrected chi connectivity index (χ0v) is 17.5. The van der Waals surface area contributed by atoms with Gasteiger partial charge in [0.05, 0.1) is 29.6 Å². The third-order valence-electron chi connectivity index (χ3n) is 5.55. The molecule has 1 amide bonds. The Bertz CT molecular complexity index is 1010. The van der Waals surface area contributed by atoms with Gasteiger partial charge in [0.15, 0.2) is 5.82 Å². The number of benzene rings is 2. The molecule has 2 atom stereocenters. The van der Waals surface area contributed by atoms with E-state index < -0.39 is 0 Å². The highest BCUT2D eigenvalue weighted by Crippen LogP contribution is 2.31. The second kappa shape index (κ2) is 9.11. The summed E-state index contributed by atoms with van der Waals surface area (Å²) in [4.78, 5) is 24.6. The number of nitrogens with zero attached hydrogens (tertiary/aromatic N) is 3. The van der Waals surface area contributed by atoms with Crippen molar-refractivity contribution in [3.8, 4) is 5.88 Å². The van der Waals surface area contributed by atoms with Gasteiger partial charge in [0.1, 0.15) is 0 Å². The summed E-state index contributed by atoms with van der Waals surface area (Å²) in [5.41, 5.74) is 2.76. The first-order chi connectivity index (χ1) is 14.7. The molecule has 156 valence electrons. The summed E-state index contributed by atoms with van der Waals surface area (Å²) in [7, 11) is 0. The number of rotatable bonds is 6. The first-order valence-electron chi connectivity index (χ1n) is 10.7. The van der Waals surface area contributed by atoms with Gasteiger partial charge in [-0.2, -0.15) is 0 Å². The average molecular weight is 405 g/mol. The molecular formula is C24H28N4O2. The van der Waals surface area contributed by atoms with Crippen molar-refractivity contribution in [2.75, 3.05) is 24.6 Å². The zero-order valence-electron chi connectivity index (χ0n) is 17.5. The van der Waals surface area contributed by atoms with E-state index in [0.717, 1.165) is 41.8 Å². The minimum absolute atomic E-state index is 0.0199. The maximum absolute atomic E-state index is 13.0. The van der Waals surface area contributed by atoms with Gasteiger partial charge in [0, 0.05) is 13.1 Å². The summed E-state index contributed by atoms with van der Waals surface area (Å²) >= 11 is 0. The molecule has 3 aromatic rings. The van der Waals surface area contributed by atoms with Crippen LogP contribution in [0.4, 0.5) is 5.82 Å². The number of aromatic nitrogens is 2. The van der Waals surface area contributed by atoms with E-state index >= 15 is 0 Å². The van der Waals surface area contributed by atoms with Crippen LogP contribution in [-0.2, 0) is 4.79 Å². The Balaban J connectivity index is 1.52. The van der Waals surface area contributed by atoms with Crippen LogP contribution in [0.3, 0.4) is 0 Å². The van der Waals surface area contributed by atoms with Gasteiger partial charge in [0.2, 0.25) is 5.91 Å². The van der Waals surface area contributed by atoms with Crippen LogP contribution in [0.25, 0.3) is 11.0 Å². The van der Waals surface area contributed by atoms with Gasteiger partial charge in [-0.1, -0.05) is 42.5 Å². The summed E-state index contributed by atoms with van der Waals surface area (Å²) in [6, 6.07) is 17.8. The minimum Gasteiger partial charge on any atom is -0.475 e. The normalized spacial score (nSPS) is 17.5. The van der Waals surface area contributed by atoms with Gasteiger partial charge in [-0.05, 0) is 44.4 Å². The van der Waals surface area contributed by atoms with Crippen molar-refractivity contribution in [1.82, 2.24) is 15.3 Å². The fraction of sp³-hybridized carbons (Fsp3) is 0.375. The van der Waals surface area contributed by atoms with E-state index in [2.05, 4.69) is 15.2 Å². The molecule has 0 spiro atoms. The third kappa shape index (κ3) is 4.37. The van der Waals surface area contributed by atoms with Gasteiger partial charge < -0.3 is 15.0 Å². The van der Waals surface area contributed by atoms with E-state index in [4.69, 9.17) is 9.72 Å². The van der Waals surface area contributed by atoms with Gasteiger partial charge in [-0.15, -0.1) is 0 Å². The predicted octanol–water partition coefficient (Wildman–Crippen LogP) is 4.12.